The molecule has 2 aliphatic rings. The van der Waals surface area contributed by atoms with E-state index in [4.69, 9.17) is 5.73 Å². The lowest BCUT2D eigenvalue weighted by Gasteiger charge is -2.33. The maximum Gasteiger partial charge on any atom is 0.272 e. The van der Waals surface area contributed by atoms with Gasteiger partial charge < -0.3 is 10.6 Å². The fraction of sp³-hybridized carbons (Fsp3) is 0.562. The van der Waals surface area contributed by atoms with E-state index < -0.39 is 5.91 Å². The van der Waals surface area contributed by atoms with Crippen LogP contribution < -0.4 is 5.73 Å². The number of hydrogen-bond acceptors (Lipinski definition) is 3. The molecule has 1 spiro atoms. The van der Waals surface area contributed by atoms with Crippen LogP contribution in [0.1, 0.15) is 59.4 Å². The maximum atomic E-state index is 12.5. The second kappa shape index (κ2) is 5.47. The number of primary amides is 1. The van der Waals surface area contributed by atoms with Crippen molar-refractivity contribution in [2.24, 2.45) is 11.1 Å². The Morgan fingerprint density at radius 3 is 2.52 bits per heavy atom. The summed E-state index contributed by atoms with van der Waals surface area (Å²) in [7, 11) is 0. The average Bonchev–Trinajstić information content (AvgIpc) is 2.91. The van der Waals surface area contributed by atoms with E-state index in [-0.39, 0.29) is 5.91 Å². The molecule has 1 saturated heterocycles. The van der Waals surface area contributed by atoms with Gasteiger partial charge in [0, 0.05) is 19.3 Å². The van der Waals surface area contributed by atoms with Crippen molar-refractivity contribution in [3.8, 4) is 0 Å². The first kappa shape index (κ1) is 14.0. The van der Waals surface area contributed by atoms with Gasteiger partial charge in [0.25, 0.3) is 5.91 Å². The molecule has 1 aliphatic carbocycles. The molecule has 1 aliphatic heterocycles. The predicted molar refractivity (Wildman–Crippen MR) is 78.8 cm³/mol. The molecule has 1 saturated carbocycles. The van der Waals surface area contributed by atoms with Crippen molar-refractivity contribution in [2.45, 2.75) is 38.5 Å². The molecule has 112 valence electrons. The van der Waals surface area contributed by atoms with Crippen molar-refractivity contribution < 1.29 is 9.59 Å². The van der Waals surface area contributed by atoms with Crippen molar-refractivity contribution in [1.82, 2.24) is 9.88 Å². The highest BCUT2D eigenvalue weighted by Gasteiger charge is 2.40. The summed E-state index contributed by atoms with van der Waals surface area (Å²) in [6.45, 7) is 1.67. The summed E-state index contributed by atoms with van der Waals surface area (Å²) < 4.78 is 0. The molecule has 2 N–H and O–H groups in total. The Hall–Kier alpha value is -1.91. The van der Waals surface area contributed by atoms with Crippen LogP contribution in [-0.4, -0.2) is 34.8 Å². The number of pyridine rings is 1. The topological polar surface area (TPSA) is 76.3 Å². The standard InChI is InChI=1S/C16H21N3O2/c17-14(20)12-4-5-13(18-10-12)15(21)19-9-8-16(11-19)6-2-1-3-7-16/h4-5,10H,1-3,6-9,11H2,(H2,17,20). The van der Waals surface area contributed by atoms with E-state index in [9.17, 15) is 9.59 Å². The molecule has 3 rings (SSSR count). The highest BCUT2D eigenvalue weighted by atomic mass is 16.2. The number of likely N-dealkylation sites (tertiary alicyclic amines) is 1. The second-order valence-electron chi connectivity index (χ2n) is 6.33. The van der Waals surface area contributed by atoms with Gasteiger partial charge in [0.2, 0.25) is 5.91 Å². The number of carbonyl (C=O) groups excluding carboxylic acids is 2. The largest absolute Gasteiger partial charge is 0.366 e. The SMILES string of the molecule is NC(=O)c1ccc(C(=O)N2CCC3(CCCCC3)C2)nc1. The minimum absolute atomic E-state index is 0.0338. The molecule has 1 aromatic heterocycles. The van der Waals surface area contributed by atoms with Gasteiger partial charge in [0.15, 0.2) is 0 Å². The Morgan fingerprint density at radius 2 is 1.90 bits per heavy atom. The van der Waals surface area contributed by atoms with Crippen LogP contribution in [0.15, 0.2) is 18.3 Å². The van der Waals surface area contributed by atoms with Crippen LogP contribution in [0.5, 0.6) is 0 Å². The van der Waals surface area contributed by atoms with Gasteiger partial charge in [0.1, 0.15) is 5.69 Å². The zero-order valence-corrected chi connectivity index (χ0v) is 12.2. The summed E-state index contributed by atoms with van der Waals surface area (Å²) in [6, 6.07) is 3.16. The zero-order chi connectivity index (χ0) is 14.9. The molecule has 5 nitrogen and oxygen atoms in total. The Bertz CT molecular complexity index is 547. The number of nitrogens with zero attached hydrogens (tertiary/aromatic N) is 2. The third kappa shape index (κ3) is 2.77. The van der Waals surface area contributed by atoms with Gasteiger partial charge in [-0.05, 0) is 36.8 Å². The van der Waals surface area contributed by atoms with Gasteiger partial charge in [-0.25, -0.2) is 0 Å². The molecule has 0 atom stereocenters. The van der Waals surface area contributed by atoms with Crippen LogP contribution in [0, 0.1) is 5.41 Å². The molecule has 1 aromatic rings. The third-order valence-corrected chi connectivity index (χ3v) is 4.91. The Morgan fingerprint density at radius 1 is 1.14 bits per heavy atom. The number of amides is 2. The second-order valence-corrected chi connectivity index (χ2v) is 6.33. The summed E-state index contributed by atoms with van der Waals surface area (Å²) in [4.78, 5) is 29.5. The molecule has 5 heteroatoms. The molecule has 0 aromatic carbocycles. The molecule has 21 heavy (non-hydrogen) atoms. The highest BCUT2D eigenvalue weighted by Crippen LogP contribution is 2.43. The van der Waals surface area contributed by atoms with E-state index >= 15 is 0 Å². The van der Waals surface area contributed by atoms with Gasteiger partial charge in [-0.1, -0.05) is 19.3 Å². The van der Waals surface area contributed by atoms with Crippen LogP contribution in [0.3, 0.4) is 0 Å². The maximum absolute atomic E-state index is 12.5. The summed E-state index contributed by atoms with van der Waals surface area (Å²) in [5.74, 6) is -0.558. The van der Waals surface area contributed by atoms with Gasteiger partial charge in [-0.2, -0.15) is 0 Å². The first-order chi connectivity index (χ1) is 10.1. The lowest BCUT2D eigenvalue weighted by molar-refractivity contribution is 0.0752. The fourth-order valence-electron chi connectivity index (χ4n) is 3.65. The van der Waals surface area contributed by atoms with E-state index in [1.807, 2.05) is 4.90 Å². The first-order valence-electron chi connectivity index (χ1n) is 7.65. The van der Waals surface area contributed by atoms with Crippen molar-refractivity contribution in [3.63, 3.8) is 0 Å². The van der Waals surface area contributed by atoms with Crippen molar-refractivity contribution >= 4 is 11.8 Å². The quantitative estimate of drug-likeness (QED) is 0.903. The molecular formula is C16H21N3O2. The normalized spacial score (nSPS) is 20.7. The van der Waals surface area contributed by atoms with Crippen molar-refractivity contribution in [1.29, 1.82) is 0 Å². The van der Waals surface area contributed by atoms with Crippen LogP contribution in [-0.2, 0) is 0 Å². The van der Waals surface area contributed by atoms with Crippen molar-refractivity contribution in [3.05, 3.63) is 29.6 Å². The lowest BCUT2D eigenvalue weighted by atomic mass is 9.73. The van der Waals surface area contributed by atoms with Crippen LogP contribution >= 0.6 is 0 Å². The van der Waals surface area contributed by atoms with Crippen LogP contribution in [0.2, 0.25) is 0 Å². The molecule has 2 heterocycles. The highest BCUT2D eigenvalue weighted by molar-refractivity contribution is 5.95. The molecule has 0 radical (unpaired) electrons. The monoisotopic (exact) mass is 287 g/mol. The van der Waals surface area contributed by atoms with Crippen LogP contribution in [0.25, 0.3) is 0 Å². The van der Waals surface area contributed by atoms with E-state index in [0.717, 1.165) is 19.5 Å². The zero-order valence-electron chi connectivity index (χ0n) is 12.2. The van der Waals surface area contributed by atoms with Gasteiger partial charge in [-0.15, -0.1) is 0 Å². The Kier molecular flexibility index (Phi) is 3.66. The van der Waals surface area contributed by atoms with E-state index in [1.54, 1.807) is 12.1 Å². The van der Waals surface area contributed by atoms with Gasteiger partial charge in [0.05, 0.1) is 5.56 Å². The summed E-state index contributed by atoms with van der Waals surface area (Å²) in [5, 5.41) is 0. The summed E-state index contributed by atoms with van der Waals surface area (Å²) in [5.41, 5.74) is 6.26. The van der Waals surface area contributed by atoms with Gasteiger partial charge in [-0.3, -0.25) is 14.6 Å². The number of rotatable bonds is 2. The first-order valence-corrected chi connectivity index (χ1v) is 7.65. The molecule has 0 unspecified atom stereocenters. The number of aromatic nitrogens is 1. The van der Waals surface area contributed by atoms with E-state index in [2.05, 4.69) is 4.98 Å². The summed E-state index contributed by atoms with van der Waals surface area (Å²) in [6.07, 6.45) is 8.86. The number of hydrogen-bond donors (Lipinski definition) is 1. The Balaban J connectivity index is 1.69. The molecular weight excluding hydrogens is 266 g/mol. The number of carbonyl (C=O) groups is 2. The number of nitrogens with two attached hydrogens (primary N) is 1. The molecule has 2 amide bonds. The van der Waals surface area contributed by atoms with Gasteiger partial charge >= 0.3 is 0 Å². The third-order valence-electron chi connectivity index (χ3n) is 4.91. The van der Waals surface area contributed by atoms with Crippen molar-refractivity contribution in [2.75, 3.05) is 13.1 Å². The van der Waals surface area contributed by atoms with Crippen LogP contribution in [0.4, 0.5) is 0 Å². The molecule has 2 fully saturated rings. The lowest BCUT2D eigenvalue weighted by Crippen LogP contribution is -2.33. The average molecular weight is 287 g/mol. The predicted octanol–water partition coefficient (Wildman–Crippen LogP) is 1.98. The summed E-state index contributed by atoms with van der Waals surface area (Å²) >= 11 is 0. The minimum Gasteiger partial charge on any atom is -0.366 e. The van der Waals surface area contributed by atoms with E-state index in [0.29, 0.717) is 16.7 Å². The minimum atomic E-state index is -0.524. The van der Waals surface area contributed by atoms with E-state index in [1.165, 1.54) is 38.3 Å². The smallest absolute Gasteiger partial charge is 0.272 e. The fourth-order valence-corrected chi connectivity index (χ4v) is 3.65. The molecule has 0 bridgehead atoms. The Labute approximate surface area is 124 Å².